The third kappa shape index (κ3) is 11.6. The van der Waals surface area contributed by atoms with Crippen molar-refractivity contribution in [3.05, 3.63) is 29.8 Å². The van der Waals surface area contributed by atoms with Crippen LogP contribution in [0.2, 0.25) is 0 Å². The second-order valence-corrected chi connectivity index (χ2v) is 7.14. The van der Waals surface area contributed by atoms with Crippen LogP contribution in [-0.2, 0) is 20.9 Å². The lowest BCUT2D eigenvalue weighted by Crippen LogP contribution is -2.23. The molecule has 0 aromatic heterocycles. The molecule has 1 aromatic carbocycles. The van der Waals surface area contributed by atoms with Crippen molar-refractivity contribution in [1.82, 2.24) is 5.32 Å². The first-order chi connectivity index (χ1) is 13.7. The Hall–Kier alpha value is -2.04. The van der Waals surface area contributed by atoms with Gasteiger partial charge in [0.2, 0.25) is 5.91 Å². The number of hydrogen-bond donors (Lipinski definition) is 1. The third-order valence-corrected chi connectivity index (χ3v) is 4.71. The quantitative estimate of drug-likeness (QED) is 0.312. The van der Waals surface area contributed by atoms with Crippen molar-refractivity contribution in [3.63, 3.8) is 0 Å². The molecular weight excluding hydrogens is 354 g/mol. The van der Waals surface area contributed by atoms with Crippen molar-refractivity contribution in [2.75, 3.05) is 13.7 Å². The molecule has 5 heteroatoms. The van der Waals surface area contributed by atoms with Gasteiger partial charge in [-0.1, -0.05) is 70.1 Å². The Bertz CT molecular complexity index is 559. The molecule has 158 valence electrons. The number of carbonyl (C=O) groups is 2. The lowest BCUT2D eigenvalue weighted by atomic mass is 10.1. The van der Waals surface area contributed by atoms with Crippen LogP contribution in [0.15, 0.2) is 24.3 Å². The van der Waals surface area contributed by atoms with Gasteiger partial charge < -0.3 is 14.8 Å². The van der Waals surface area contributed by atoms with Gasteiger partial charge in [-0.3, -0.25) is 9.59 Å². The zero-order chi connectivity index (χ0) is 20.5. The van der Waals surface area contributed by atoms with Gasteiger partial charge in [-0.25, -0.2) is 0 Å². The monoisotopic (exact) mass is 391 g/mol. The molecule has 0 heterocycles. The van der Waals surface area contributed by atoms with Crippen LogP contribution in [0.5, 0.6) is 5.75 Å². The highest BCUT2D eigenvalue weighted by atomic mass is 16.5. The van der Waals surface area contributed by atoms with E-state index >= 15 is 0 Å². The number of esters is 1. The SMILES string of the molecule is CCCCCCCCCCOC(=O)CCCC(=O)NCc1ccccc1OC. The lowest BCUT2D eigenvalue weighted by Gasteiger charge is -2.09. The molecule has 0 atom stereocenters. The van der Waals surface area contributed by atoms with Crippen molar-refractivity contribution >= 4 is 11.9 Å². The summed E-state index contributed by atoms with van der Waals surface area (Å²) >= 11 is 0. The lowest BCUT2D eigenvalue weighted by molar-refractivity contribution is -0.143. The molecule has 28 heavy (non-hydrogen) atoms. The number of para-hydroxylation sites is 1. The molecule has 0 saturated carbocycles. The first kappa shape index (κ1) is 24.0. The van der Waals surface area contributed by atoms with Crippen LogP contribution in [0, 0.1) is 0 Å². The number of amides is 1. The Morgan fingerprint density at radius 2 is 1.57 bits per heavy atom. The van der Waals surface area contributed by atoms with Crippen molar-refractivity contribution in [1.29, 1.82) is 0 Å². The molecule has 0 spiro atoms. The standard InChI is InChI=1S/C23H37NO4/c1-3-4-5-6-7-8-9-12-18-28-23(26)17-13-16-22(25)24-19-20-14-10-11-15-21(20)27-2/h10-11,14-15H,3-9,12-13,16-19H2,1-2H3,(H,24,25). The number of hydrogen-bond acceptors (Lipinski definition) is 4. The molecule has 0 bridgehead atoms. The van der Waals surface area contributed by atoms with Crippen LogP contribution in [0.25, 0.3) is 0 Å². The van der Waals surface area contributed by atoms with Gasteiger partial charge >= 0.3 is 5.97 Å². The molecule has 1 N–H and O–H groups in total. The molecule has 0 aliphatic carbocycles. The number of carbonyl (C=O) groups excluding carboxylic acids is 2. The van der Waals surface area contributed by atoms with Crippen molar-refractivity contribution in [3.8, 4) is 5.75 Å². The van der Waals surface area contributed by atoms with Gasteiger partial charge in [0.1, 0.15) is 5.75 Å². The summed E-state index contributed by atoms with van der Waals surface area (Å²) < 4.78 is 10.5. The molecule has 0 radical (unpaired) electrons. The normalized spacial score (nSPS) is 10.5. The summed E-state index contributed by atoms with van der Waals surface area (Å²) in [6.45, 7) is 3.14. The molecule has 1 aromatic rings. The number of methoxy groups -OCH3 is 1. The second-order valence-electron chi connectivity index (χ2n) is 7.14. The van der Waals surface area contributed by atoms with Crippen LogP contribution >= 0.6 is 0 Å². The highest BCUT2D eigenvalue weighted by Crippen LogP contribution is 2.16. The predicted molar refractivity (Wildman–Crippen MR) is 112 cm³/mol. The molecule has 1 rings (SSSR count). The zero-order valence-electron chi connectivity index (χ0n) is 17.6. The average molecular weight is 392 g/mol. The average Bonchev–Trinajstić information content (AvgIpc) is 2.71. The van der Waals surface area contributed by atoms with Gasteiger partial charge in [0.05, 0.1) is 13.7 Å². The minimum atomic E-state index is -0.208. The maximum absolute atomic E-state index is 11.9. The van der Waals surface area contributed by atoms with Crippen LogP contribution in [0.1, 0.15) is 83.1 Å². The number of ether oxygens (including phenoxy) is 2. The van der Waals surface area contributed by atoms with Crippen molar-refractivity contribution < 1.29 is 19.1 Å². The van der Waals surface area contributed by atoms with E-state index in [1.807, 2.05) is 24.3 Å². The molecule has 0 aliphatic rings. The number of unbranched alkanes of at least 4 members (excludes halogenated alkanes) is 7. The van der Waals surface area contributed by atoms with Gasteiger partial charge in [-0.2, -0.15) is 0 Å². The molecule has 0 saturated heterocycles. The van der Waals surface area contributed by atoms with E-state index in [0.29, 0.717) is 32.4 Å². The van der Waals surface area contributed by atoms with Gasteiger partial charge in [-0.15, -0.1) is 0 Å². The molecule has 0 unspecified atom stereocenters. The summed E-state index contributed by atoms with van der Waals surface area (Å²) in [6.07, 6.45) is 10.9. The van der Waals surface area contributed by atoms with E-state index in [9.17, 15) is 9.59 Å². The molecule has 0 fully saturated rings. The van der Waals surface area contributed by atoms with Gasteiger partial charge in [0.15, 0.2) is 0 Å². The minimum Gasteiger partial charge on any atom is -0.496 e. The van der Waals surface area contributed by atoms with E-state index in [4.69, 9.17) is 9.47 Å². The van der Waals surface area contributed by atoms with Crippen LogP contribution in [0.4, 0.5) is 0 Å². The van der Waals surface area contributed by atoms with Gasteiger partial charge in [-0.05, 0) is 18.9 Å². The number of benzene rings is 1. The Morgan fingerprint density at radius 1 is 0.893 bits per heavy atom. The summed E-state index contributed by atoms with van der Waals surface area (Å²) in [5, 5.41) is 2.86. The topological polar surface area (TPSA) is 64.6 Å². The van der Waals surface area contributed by atoms with E-state index < -0.39 is 0 Å². The van der Waals surface area contributed by atoms with E-state index in [1.165, 1.54) is 38.5 Å². The maximum Gasteiger partial charge on any atom is 0.305 e. The first-order valence-corrected chi connectivity index (χ1v) is 10.7. The Morgan fingerprint density at radius 3 is 2.29 bits per heavy atom. The van der Waals surface area contributed by atoms with Crippen LogP contribution in [-0.4, -0.2) is 25.6 Å². The summed E-state index contributed by atoms with van der Waals surface area (Å²) in [5.74, 6) is 0.481. The zero-order valence-corrected chi connectivity index (χ0v) is 17.6. The minimum absolute atomic E-state index is 0.0678. The van der Waals surface area contributed by atoms with Crippen LogP contribution < -0.4 is 10.1 Å². The highest BCUT2D eigenvalue weighted by Gasteiger charge is 2.08. The number of rotatable bonds is 16. The van der Waals surface area contributed by atoms with Crippen molar-refractivity contribution in [2.24, 2.45) is 0 Å². The highest BCUT2D eigenvalue weighted by molar-refractivity contribution is 5.77. The smallest absolute Gasteiger partial charge is 0.305 e. The van der Waals surface area contributed by atoms with E-state index in [0.717, 1.165) is 24.2 Å². The summed E-state index contributed by atoms with van der Waals surface area (Å²) in [5.41, 5.74) is 0.933. The number of nitrogens with one attached hydrogen (secondary N) is 1. The molecule has 1 amide bonds. The third-order valence-electron chi connectivity index (χ3n) is 4.71. The second kappa shape index (κ2) is 16.0. The van der Waals surface area contributed by atoms with Crippen LogP contribution in [0.3, 0.4) is 0 Å². The fraction of sp³-hybridized carbons (Fsp3) is 0.652. The summed E-state index contributed by atoms with van der Waals surface area (Å²) in [6, 6.07) is 7.58. The largest absolute Gasteiger partial charge is 0.496 e. The molecule has 5 nitrogen and oxygen atoms in total. The van der Waals surface area contributed by atoms with Gasteiger partial charge in [0.25, 0.3) is 0 Å². The summed E-state index contributed by atoms with van der Waals surface area (Å²) in [4.78, 5) is 23.6. The first-order valence-electron chi connectivity index (χ1n) is 10.7. The molecular formula is C23H37NO4. The fourth-order valence-electron chi connectivity index (χ4n) is 3.02. The van der Waals surface area contributed by atoms with E-state index in [1.54, 1.807) is 7.11 Å². The Balaban J connectivity index is 2.00. The molecule has 0 aliphatic heterocycles. The van der Waals surface area contributed by atoms with E-state index in [-0.39, 0.29) is 11.9 Å². The van der Waals surface area contributed by atoms with Crippen molar-refractivity contribution in [2.45, 2.75) is 84.1 Å². The Labute approximate surface area is 170 Å². The fourth-order valence-corrected chi connectivity index (χ4v) is 3.02. The van der Waals surface area contributed by atoms with Gasteiger partial charge in [0, 0.05) is 24.9 Å². The summed E-state index contributed by atoms with van der Waals surface area (Å²) in [7, 11) is 1.61. The Kier molecular flexibility index (Phi) is 13.7. The van der Waals surface area contributed by atoms with E-state index in [2.05, 4.69) is 12.2 Å². The predicted octanol–water partition coefficient (Wildman–Crippen LogP) is 5.17. The maximum atomic E-state index is 11.9.